The predicted molar refractivity (Wildman–Crippen MR) is 71.4 cm³/mol. The fourth-order valence-corrected chi connectivity index (χ4v) is 2.57. The first-order valence-electron chi connectivity index (χ1n) is 6.69. The summed E-state index contributed by atoms with van der Waals surface area (Å²) in [6.45, 7) is 2.30. The van der Waals surface area contributed by atoms with Crippen molar-refractivity contribution in [1.29, 1.82) is 0 Å². The minimum Gasteiger partial charge on any atom is -0.393 e. The second-order valence-electron chi connectivity index (χ2n) is 5.13. The zero-order valence-electron chi connectivity index (χ0n) is 10.9. The maximum absolute atomic E-state index is 11.8. The molecule has 2 N–H and O–H groups in total. The molecule has 0 fully saturated rings. The molecule has 0 spiro atoms. The predicted octanol–water partition coefficient (Wildman–Crippen LogP) is 1.99. The fraction of sp³-hybridized carbons (Fsp3) is 0.533. The summed E-state index contributed by atoms with van der Waals surface area (Å²) in [5.41, 5.74) is 2.72. The smallest absolute Gasteiger partial charge is 0.220 e. The van der Waals surface area contributed by atoms with Gasteiger partial charge in [-0.3, -0.25) is 4.79 Å². The number of aryl methyl sites for hydroxylation is 1. The van der Waals surface area contributed by atoms with Crippen molar-refractivity contribution in [2.75, 3.05) is 6.54 Å². The molecule has 3 nitrogen and oxygen atoms in total. The number of carbonyl (C=O) groups is 1. The molecule has 0 bridgehead atoms. The van der Waals surface area contributed by atoms with Gasteiger partial charge in [-0.05, 0) is 43.2 Å². The first-order valence-corrected chi connectivity index (χ1v) is 6.69. The monoisotopic (exact) mass is 247 g/mol. The Hall–Kier alpha value is -1.35. The molecular formula is C15H21NO2. The molecule has 0 heterocycles. The van der Waals surface area contributed by atoms with Crippen LogP contribution in [-0.2, 0) is 11.2 Å². The first kappa shape index (κ1) is 13.1. The summed E-state index contributed by atoms with van der Waals surface area (Å²) in [4.78, 5) is 11.8. The van der Waals surface area contributed by atoms with Gasteiger partial charge >= 0.3 is 0 Å². The number of benzene rings is 1. The number of carbonyl (C=O) groups excluding carboxylic acids is 1. The number of hydrogen-bond acceptors (Lipinski definition) is 2. The van der Waals surface area contributed by atoms with Gasteiger partial charge in [-0.15, -0.1) is 0 Å². The van der Waals surface area contributed by atoms with Gasteiger partial charge in [0.15, 0.2) is 0 Å². The second kappa shape index (κ2) is 6.01. The number of aliphatic hydroxyl groups excluding tert-OH is 1. The van der Waals surface area contributed by atoms with Gasteiger partial charge in [0.2, 0.25) is 5.91 Å². The number of nitrogens with one attached hydrogen (secondary N) is 1. The Bertz CT molecular complexity index is 415. The van der Waals surface area contributed by atoms with Crippen molar-refractivity contribution in [3.05, 3.63) is 35.4 Å². The summed E-state index contributed by atoms with van der Waals surface area (Å²) >= 11 is 0. The Balaban J connectivity index is 1.82. The van der Waals surface area contributed by atoms with Crippen LogP contribution in [0.3, 0.4) is 0 Å². The van der Waals surface area contributed by atoms with Crippen LogP contribution in [0.15, 0.2) is 24.3 Å². The molecule has 0 saturated carbocycles. The number of amides is 1. The Kier molecular flexibility index (Phi) is 4.37. The lowest BCUT2D eigenvalue weighted by molar-refractivity contribution is -0.121. The van der Waals surface area contributed by atoms with Gasteiger partial charge in [0, 0.05) is 13.0 Å². The molecule has 1 aromatic carbocycles. The molecule has 1 aliphatic rings. The highest BCUT2D eigenvalue weighted by Crippen LogP contribution is 2.34. The second-order valence-corrected chi connectivity index (χ2v) is 5.13. The van der Waals surface area contributed by atoms with E-state index < -0.39 is 0 Å². The van der Waals surface area contributed by atoms with E-state index in [0.29, 0.717) is 25.3 Å². The van der Waals surface area contributed by atoms with E-state index in [-0.39, 0.29) is 12.0 Å². The normalized spacial score (nSPS) is 19.3. The number of fused-ring (bicyclic) bond motifs is 1. The maximum atomic E-state index is 11.8. The highest BCUT2D eigenvalue weighted by atomic mass is 16.3. The molecule has 2 rings (SSSR count). The van der Waals surface area contributed by atoms with Crippen LogP contribution in [0.1, 0.15) is 43.2 Å². The lowest BCUT2D eigenvalue weighted by atomic mass is 9.97. The quantitative estimate of drug-likeness (QED) is 0.836. The summed E-state index contributed by atoms with van der Waals surface area (Å²) in [7, 11) is 0. The van der Waals surface area contributed by atoms with Crippen LogP contribution >= 0.6 is 0 Å². The molecule has 1 amide bonds. The number of rotatable bonds is 5. The highest BCUT2D eigenvalue weighted by molar-refractivity contribution is 5.77. The molecule has 18 heavy (non-hydrogen) atoms. The van der Waals surface area contributed by atoms with Gasteiger partial charge in [-0.2, -0.15) is 0 Å². The fourth-order valence-electron chi connectivity index (χ4n) is 2.57. The van der Waals surface area contributed by atoms with Crippen molar-refractivity contribution >= 4 is 5.91 Å². The van der Waals surface area contributed by atoms with Gasteiger partial charge in [-0.25, -0.2) is 0 Å². The first-order chi connectivity index (χ1) is 8.66. The van der Waals surface area contributed by atoms with E-state index in [1.807, 2.05) is 6.07 Å². The average Bonchev–Trinajstić information content (AvgIpc) is 2.72. The third-order valence-corrected chi connectivity index (χ3v) is 3.57. The van der Waals surface area contributed by atoms with Crippen LogP contribution in [-0.4, -0.2) is 23.7 Å². The van der Waals surface area contributed by atoms with Crippen molar-refractivity contribution in [2.45, 2.75) is 44.6 Å². The van der Waals surface area contributed by atoms with Crippen molar-refractivity contribution < 1.29 is 9.90 Å². The topological polar surface area (TPSA) is 49.3 Å². The molecule has 98 valence electrons. The summed E-state index contributed by atoms with van der Waals surface area (Å²) in [6.07, 6.45) is 2.99. The maximum Gasteiger partial charge on any atom is 0.220 e. The van der Waals surface area contributed by atoms with Crippen LogP contribution in [0.25, 0.3) is 0 Å². The molecule has 1 aromatic rings. The van der Waals surface area contributed by atoms with Crippen LogP contribution in [0.4, 0.5) is 0 Å². The molecule has 0 aliphatic heterocycles. The third kappa shape index (κ3) is 3.33. The van der Waals surface area contributed by atoms with E-state index in [0.717, 1.165) is 12.8 Å². The van der Waals surface area contributed by atoms with Gasteiger partial charge in [0.1, 0.15) is 0 Å². The molecule has 3 heteroatoms. The van der Waals surface area contributed by atoms with E-state index in [9.17, 15) is 4.79 Å². The molecule has 1 aliphatic carbocycles. The molecule has 0 saturated heterocycles. The molecule has 0 radical (unpaired) electrons. The van der Waals surface area contributed by atoms with E-state index in [1.54, 1.807) is 6.92 Å². The number of hydrogen-bond donors (Lipinski definition) is 2. The number of aliphatic hydroxyl groups is 1. The van der Waals surface area contributed by atoms with Gasteiger partial charge < -0.3 is 10.4 Å². The zero-order chi connectivity index (χ0) is 13.0. The SMILES string of the molecule is CC(O)CCNC(=O)CC1CCc2ccccc21. The van der Waals surface area contributed by atoms with Gasteiger partial charge in [0.05, 0.1) is 6.10 Å². The Morgan fingerprint density at radius 3 is 3.06 bits per heavy atom. The van der Waals surface area contributed by atoms with E-state index in [4.69, 9.17) is 5.11 Å². The third-order valence-electron chi connectivity index (χ3n) is 3.57. The minimum absolute atomic E-state index is 0.0948. The van der Waals surface area contributed by atoms with Crippen molar-refractivity contribution in [2.24, 2.45) is 0 Å². The molecule has 2 unspecified atom stereocenters. The van der Waals surface area contributed by atoms with E-state index >= 15 is 0 Å². The van der Waals surface area contributed by atoms with Crippen molar-refractivity contribution in [1.82, 2.24) is 5.32 Å². The van der Waals surface area contributed by atoms with Crippen LogP contribution in [0.2, 0.25) is 0 Å². The summed E-state index contributed by atoms with van der Waals surface area (Å²) in [5.74, 6) is 0.463. The standard InChI is InChI=1S/C15H21NO2/c1-11(17)8-9-16-15(18)10-13-7-6-12-4-2-3-5-14(12)13/h2-5,11,13,17H,6-10H2,1H3,(H,16,18). The lowest BCUT2D eigenvalue weighted by Crippen LogP contribution is -2.27. The molecule has 0 aromatic heterocycles. The lowest BCUT2D eigenvalue weighted by Gasteiger charge is -2.12. The largest absolute Gasteiger partial charge is 0.393 e. The van der Waals surface area contributed by atoms with Crippen LogP contribution < -0.4 is 5.32 Å². The summed E-state index contributed by atoms with van der Waals surface area (Å²) < 4.78 is 0. The Labute approximate surface area is 108 Å². The zero-order valence-corrected chi connectivity index (χ0v) is 10.9. The summed E-state index contributed by atoms with van der Waals surface area (Å²) in [5, 5.41) is 12.0. The summed E-state index contributed by atoms with van der Waals surface area (Å²) in [6, 6.07) is 8.39. The highest BCUT2D eigenvalue weighted by Gasteiger charge is 2.23. The van der Waals surface area contributed by atoms with Crippen molar-refractivity contribution in [3.8, 4) is 0 Å². The van der Waals surface area contributed by atoms with Crippen molar-refractivity contribution in [3.63, 3.8) is 0 Å². The Morgan fingerprint density at radius 1 is 1.50 bits per heavy atom. The van der Waals surface area contributed by atoms with E-state index in [1.165, 1.54) is 11.1 Å². The van der Waals surface area contributed by atoms with Gasteiger partial charge in [0.25, 0.3) is 0 Å². The molecular weight excluding hydrogens is 226 g/mol. The van der Waals surface area contributed by atoms with E-state index in [2.05, 4.69) is 23.5 Å². The minimum atomic E-state index is -0.350. The Morgan fingerprint density at radius 2 is 2.28 bits per heavy atom. The molecule has 2 atom stereocenters. The average molecular weight is 247 g/mol. The van der Waals surface area contributed by atoms with Crippen LogP contribution in [0, 0.1) is 0 Å². The van der Waals surface area contributed by atoms with Crippen LogP contribution in [0.5, 0.6) is 0 Å². The van der Waals surface area contributed by atoms with Gasteiger partial charge in [-0.1, -0.05) is 24.3 Å².